The number of hydrogen-bond donors (Lipinski definition) is 2. The first kappa shape index (κ1) is 19.4. The summed E-state index contributed by atoms with van der Waals surface area (Å²) in [4.78, 5) is 0.301. The summed E-state index contributed by atoms with van der Waals surface area (Å²) in [5.41, 5.74) is 0.885. The number of nitrogens with one attached hydrogen (secondary N) is 2. The van der Waals surface area contributed by atoms with E-state index in [4.69, 9.17) is 4.74 Å². The van der Waals surface area contributed by atoms with Crippen molar-refractivity contribution in [2.24, 2.45) is 5.41 Å². The molecule has 0 bridgehead atoms. The lowest BCUT2D eigenvalue weighted by atomic mass is 9.81. The molecule has 0 saturated carbocycles. The molecule has 0 aromatic heterocycles. The van der Waals surface area contributed by atoms with Crippen LogP contribution in [0.1, 0.15) is 25.3 Å². The summed E-state index contributed by atoms with van der Waals surface area (Å²) in [7, 11) is -1.87. The summed E-state index contributed by atoms with van der Waals surface area (Å²) in [6.07, 6.45) is 1.97. The largest absolute Gasteiger partial charge is 0.380 e. The van der Waals surface area contributed by atoms with Crippen molar-refractivity contribution in [1.82, 2.24) is 10.0 Å². The Morgan fingerprint density at radius 1 is 1.32 bits per heavy atom. The van der Waals surface area contributed by atoms with Crippen LogP contribution in [-0.2, 0) is 21.4 Å². The highest BCUT2D eigenvalue weighted by Crippen LogP contribution is 2.27. The van der Waals surface area contributed by atoms with Gasteiger partial charge in [-0.1, -0.05) is 19.1 Å². The Morgan fingerprint density at radius 2 is 2.00 bits per heavy atom. The first-order valence-electron chi connectivity index (χ1n) is 7.23. The van der Waals surface area contributed by atoms with Crippen LogP contribution in [0.15, 0.2) is 29.2 Å². The average molecular weight is 349 g/mol. The maximum Gasteiger partial charge on any atom is 0.240 e. The van der Waals surface area contributed by atoms with Crippen molar-refractivity contribution >= 4 is 22.4 Å². The molecular weight excluding hydrogens is 324 g/mol. The fourth-order valence-corrected chi connectivity index (χ4v) is 3.80. The van der Waals surface area contributed by atoms with E-state index in [-0.39, 0.29) is 17.8 Å². The predicted octanol–water partition coefficient (Wildman–Crippen LogP) is 1.92. The fraction of sp³-hybridized carbons (Fsp3) is 0.600. The van der Waals surface area contributed by atoms with Gasteiger partial charge in [0, 0.05) is 13.7 Å². The molecule has 0 amide bonds. The molecule has 1 aromatic carbocycles. The minimum atomic E-state index is -3.46. The van der Waals surface area contributed by atoms with Gasteiger partial charge in [0.2, 0.25) is 10.0 Å². The lowest BCUT2D eigenvalue weighted by Crippen LogP contribution is -2.42. The molecule has 7 heteroatoms. The first-order chi connectivity index (χ1) is 9.95. The number of sulfonamides is 1. The van der Waals surface area contributed by atoms with Crippen LogP contribution >= 0.6 is 12.4 Å². The number of ether oxygens (including phenoxy) is 1. The molecule has 1 heterocycles. The molecule has 0 spiro atoms. The van der Waals surface area contributed by atoms with Crippen LogP contribution in [0.25, 0.3) is 0 Å². The van der Waals surface area contributed by atoms with Crippen LogP contribution in [0, 0.1) is 5.41 Å². The molecule has 5 nitrogen and oxygen atoms in total. The molecule has 0 unspecified atom stereocenters. The minimum Gasteiger partial charge on any atom is -0.380 e. The molecule has 0 radical (unpaired) electrons. The number of methoxy groups -OCH3 is 1. The highest BCUT2D eigenvalue weighted by molar-refractivity contribution is 7.89. The molecule has 1 saturated heterocycles. The molecular formula is C15H25ClN2O3S. The molecule has 0 atom stereocenters. The quantitative estimate of drug-likeness (QED) is 0.824. The summed E-state index contributed by atoms with van der Waals surface area (Å²) in [6.45, 7) is 4.92. The number of benzene rings is 1. The van der Waals surface area contributed by atoms with E-state index in [0.717, 1.165) is 31.5 Å². The molecule has 1 aliphatic heterocycles. The van der Waals surface area contributed by atoms with Crippen molar-refractivity contribution in [1.29, 1.82) is 0 Å². The van der Waals surface area contributed by atoms with Crippen LogP contribution in [0.5, 0.6) is 0 Å². The number of halogens is 1. The minimum absolute atomic E-state index is 0. The first-order valence-corrected chi connectivity index (χ1v) is 8.72. The second kappa shape index (κ2) is 8.26. The summed E-state index contributed by atoms with van der Waals surface area (Å²) in [6, 6.07) is 6.88. The van der Waals surface area contributed by atoms with Gasteiger partial charge in [-0.15, -0.1) is 12.4 Å². The van der Waals surface area contributed by atoms with Gasteiger partial charge in [-0.05, 0) is 49.0 Å². The van der Waals surface area contributed by atoms with Gasteiger partial charge in [0.25, 0.3) is 0 Å². The zero-order valence-electron chi connectivity index (χ0n) is 13.1. The summed E-state index contributed by atoms with van der Waals surface area (Å²) < 4.78 is 32.6. The lowest BCUT2D eigenvalue weighted by Gasteiger charge is -2.34. The van der Waals surface area contributed by atoms with E-state index in [1.807, 2.05) is 6.07 Å². The van der Waals surface area contributed by atoms with E-state index in [9.17, 15) is 8.42 Å². The Bertz CT molecular complexity index is 572. The highest BCUT2D eigenvalue weighted by Gasteiger charge is 2.28. The summed E-state index contributed by atoms with van der Waals surface area (Å²) in [5.74, 6) is 0. The molecule has 0 aliphatic carbocycles. The SMILES string of the molecule is COCc1cccc(S(=O)(=O)NCC2(C)CCNCC2)c1.Cl. The summed E-state index contributed by atoms with van der Waals surface area (Å²) in [5, 5.41) is 3.30. The van der Waals surface area contributed by atoms with Crippen LogP contribution in [0.3, 0.4) is 0 Å². The van der Waals surface area contributed by atoms with Crippen LogP contribution < -0.4 is 10.0 Å². The number of hydrogen-bond acceptors (Lipinski definition) is 4. The predicted molar refractivity (Wildman–Crippen MR) is 89.8 cm³/mol. The second-order valence-electron chi connectivity index (χ2n) is 5.97. The molecule has 2 N–H and O–H groups in total. The number of rotatable bonds is 6. The molecule has 1 fully saturated rings. The molecule has 22 heavy (non-hydrogen) atoms. The van der Waals surface area contributed by atoms with Gasteiger partial charge in [-0.25, -0.2) is 13.1 Å². The van der Waals surface area contributed by atoms with E-state index in [1.165, 1.54) is 0 Å². The van der Waals surface area contributed by atoms with Gasteiger partial charge >= 0.3 is 0 Å². The topological polar surface area (TPSA) is 67.4 Å². The molecule has 1 aromatic rings. The van der Waals surface area contributed by atoms with Gasteiger partial charge in [0.1, 0.15) is 0 Å². The third kappa shape index (κ3) is 5.21. The van der Waals surface area contributed by atoms with E-state index >= 15 is 0 Å². The maximum atomic E-state index is 12.4. The van der Waals surface area contributed by atoms with Crippen molar-refractivity contribution < 1.29 is 13.2 Å². The van der Waals surface area contributed by atoms with Gasteiger partial charge in [-0.2, -0.15) is 0 Å². The van der Waals surface area contributed by atoms with Crippen molar-refractivity contribution in [2.75, 3.05) is 26.7 Å². The maximum absolute atomic E-state index is 12.4. The Balaban J connectivity index is 0.00000242. The van der Waals surface area contributed by atoms with E-state index < -0.39 is 10.0 Å². The molecule has 2 rings (SSSR count). The Labute approximate surface area is 139 Å². The number of piperidine rings is 1. The zero-order valence-corrected chi connectivity index (χ0v) is 14.7. The third-order valence-corrected chi connectivity index (χ3v) is 5.42. The standard InChI is InChI=1S/C15H24N2O3S.ClH/c1-15(6-8-16-9-7-15)12-17-21(18,19)14-5-3-4-13(10-14)11-20-2;/h3-5,10,16-17H,6-9,11-12H2,1-2H3;1H. The smallest absolute Gasteiger partial charge is 0.240 e. The fourth-order valence-electron chi connectivity index (χ4n) is 2.53. The van der Waals surface area contributed by atoms with Crippen molar-refractivity contribution in [2.45, 2.75) is 31.3 Å². The molecule has 1 aliphatic rings. The monoisotopic (exact) mass is 348 g/mol. The van der Waals surface area contributed by atoms with E-state index in [1.54, 1.807) is 25.3 Å². The summed E-state index contributed by atoms with van der Waals surface area (Å²) >= 11 is 0. The average Bonchev–Trinajstić information content (AvgIpc) is 2.47. The van der Waals surface area contributed by atoms with Crippen molar-refractivity contribution in [3.63, 3.8) is 0 Å². The van der Waals surface area contributed by atoms with Gasteiger partial charge in [0.15, 0.2) is 0 Å². The van der Waals surface area contributed by atoms with Gasteiger partial charge < -0.3 is 10.1 Å². The molecule has 126 valence electrons. The van der Waals surface area contributed by atoms with Crippen LogP contribution in [0.2, 0.25) is 0 Å². The second-order valence-corrected chi connectivity index (χ2v) is 7.73. The van der Waals surface area contributed by atoms with Crippen LogP contribution in [0.4, 0.5) is 0 Å². The van der Waals surface area contributed by atoms with Crippen molar-refractivity contribution in [3.8, 4) is 0 Å². The van der Waals surface area contributed by atoms with Gasteiger partial charge in [0.05, 0.1) is 11.5 Å². The third-order valence-electron chi connectivity index (χ3n) is 4.02. The van der Waals surface area contributed by atoms with Gasteiger partial charge in [-0.3, -0.25) is 0 Å². The van der Waals surface area contributed by atoms with Crippen molar-refractivity contribution in [3.05, 3.63) is 29.8 Å². The van der Waals surface area contributed by atoms with Crippen LogP contribution in [-0.4, -0.2) is 35.2 Å². The van der Waals surface area contributed by atoms with E-state index in [2.05, 4.69) is 17.0 Å². The van der Waals surface area contributed by atoms with E-state index in [0.29, 0.717) is 18.0 Å². The lowest BCUT2D eigenvalue weighted by molar-refractivity contribution is 0.184. The zero-order chi connectivity index (χ0) is 15.3. The Hall–Kier alpha value is -0.660. The Morgan fingerprint density at radius 3 is 2.64 bits per heavy atom. The Kier molecular flexibility index (Phi) is 7.28. The normalized spacial score (nSPS) is 17.7. The highest BCUT2D eigenvalue weighted by atomic mass is 35.5.